The Morgan fingerprint density at radius 2 is 1.33 bits per heavy atom. The smallest absolute Gasteiger partial charge is 0.322 e. The van der Waals surface area contributed by atoms with Crippen LogP contribution in [-0.4, -0.2) is 110 Å². The van der Waals surface area contributed by atoms with Crippen molar-refractivity contribution in [1.82, 2.24) is 10.6 Å². The van der Waals surface area contributed by atoms with Gasteiger partial charge in [0.15, 0.2) is 5.96 Å². The van der Waals surface area contributed by atoms with Gasteiger partial charge >= 0.3 is 23.9 Å². The third-order valence-corrected chi connectivity index (χ3v) is 5.61. The highest BCUT2D eigenvalue weighted by atomic mass is 32.1. The van der Waals surface area contributed by atoms with Crippen molar-refractivity contribution in [3.8, 4) is 5.75 Å². The summed E-state index contributed by atoms with van der Waals surface area (Å²) in [5.74, 6) is -5.55. The highest BCUT2D eigenvalue weighted by Crippen LogP contribution is 2.10. The lowest BCUT2D eigenvalue weighted by molar-refractivity contribution is -0.139. The zero-order valence-corrected chi connectivity index (χ0v) is 25.1. The number of nitrogens with two attached hydrogens (primary N) is 5. The van der Waals surface area contributed by atoms with E-state index in [1.54, 1.807) is 12.1 Å². The van der Waals surface area contributed by atoms with E-state index in [9.17, 15) is 28.8 Å². The van der Waals surface area contributed by atoms with Crippen molar-refractivity contribution in [2.24, 2.45) is 33.7 Å². The third kappa shape index (κ3) is 23.5. The van der Waals surface area contributed by atoms with Crippen LogP contribution in [0.1, 0.15) is 31.2 Å². The fraction of sp³-hybridized carbons (Fsp3) is 0.480. The number of guanidine groups is 1. The minimum atomic E-state index is -1.22. The van der Waals surface area contributed by atoms with E-state index >= 15 is 0 Å². The molecule has 0 aliphatic carbocycles. The predicted molar refractivity (Wildman–Crippen MR) is 164 cm³/mol. The van der Waals surface area contributed by atoms with E-state index < -0.39 is 66.4 Å². The van der Waals surface area contributed by atoms with Crippen LogP contribution >= 0.6 is 12.6 Å². The molecular weight excluding hydrogens is 620 g/mol. The van der Waals surface area contributed by atoms with E-state index in [0.29, 0.717) is 19.4 Å². The molecule has 20 heteroatoms. The molecule has 0 saturated heterocycles. The number of hydrogen-bond acceptors (Lipinski definition) is 12. The Morgan fingerprint density at radius 3 is 1.78 bits per heavy atom. The summed E-state index contributed by atoms with van der Waals surface area (Å²) in [6.07, 6.45) is 0.994. The Hall–Kier alpha value is -4.66. The molecular formula is C25H42N8O11S. The summed E-state index contributed by atoms with van der Waals surface area (Å²) < 4.78 is 0. The molecule has 1 aromatic carbocycles. The van der Waals surface area contributed by atoms with Gasteiger partial charge in [-0.1, -0.05) is 12.1 Å². The number of nitrogens with zero attached hydrogens (tertiary/aromatic N) is 1. The first-order valence-corrected chi connectivity index (χ1v) is 13.7. The van der Waals surface area contributed by atoms with Gasteiger partial charge in [0.05, 0.1) is 0 Å². The van der Waals surface area contributed by atoms with E-state index in [1.165, 1.54) is 12.1 Å². The maximum Gasteiger partial charge on any atom is 0.322 e. The van der Waals surface area contributed by atoms with Crippen LogP contribution in [-0.2, 0) is 35.2 Å². The average Bonchev–Trinajstić information content (AvgIpc) is 2.96. The van der Waals surface area contributed by atoms with Crippen molar-refractivity contribution >= 4 is 54.3 Å². The molecule has 254 valence electrons. The topological polar surface area (TPSA) is 370 Å². The quantitative estimate of drug-likeness (QED) is 0.0334. The van der Waals surface area contributed by atoms with Gasteiger partial charge in [-0.15, -0.1) is 0 Å². The number of phenols is 1. The van der Waals surface area contributed by atoms with Crippen LogP contribution in [0.15, 0.2) is 29.3 Å². The lowest BCUT2D eigenvalue weighted by Crippen LogP contribution is -2.49. The molecule has 2 unspecified atom stereocenters. The minimum Gasteiger partial charge on any atom is -0.508 e. The zero-order chi connectivity index (χ0) is 35.1. The molecule has 45 heavy (non-hydrogen) atoms. The lowest BCUT2D eigenvalue weighted by atomic mass is 10.1. The van der Waals surface area contributed by atoms with Crippen LogP contribution < -0.4 is 39.3 Å². The number of nitrogens with one attached hydrogen (secondary N) is 2. The van der Waals surface area contributed by atoms with Crippen LogP contribution in [0, 0.1) is 0 Å². The van der Waals surface area contributed by atoms with Gasteiger partial charge in [0, 0.05) is 18.7 Å². The number of carbonyl (C=O) groups is 6. The van der Waals surface area contributed by atoms with E-state index in [1.807, 2.05) is 0 Å². The molecule has 4 atom stereocenters. The number of carbonyl (C=O) groups excluding carboxylic acids is 2. The molecule has 1 aromatic rings. The highest BCUT2D eigenvalue weighted by molar-refractivity contribution is 7.80. The second kappa shape index (κ2) is 23.8. The highest BCUT2D eigenvalue weighted by Gasteiger charge is 2.21. The van der Waals surface area contributed by atoms with Crippen LogP contribution in [0.25, 0.3) is 0 Å². The third-order valence-electron chi connectivity index (χ3n) is 5.24. The summed E-state index contributed by atoms with van der Waals surface area (Å²) in [5, 5.41) is 47.2. The number of aromatic hydroxyl groups is 1. The monoisotopic (exact) mass is 662 g/mol. The van der Waals surface area contributed by atoms with Crippen molar-refractivity contribution in [3.05, 3.63) is 29.8 Å². The SMILES string of the molecule is NC(CCC(=O)NC(CS)C(=O)NCC(=O)O)C(=O)O.NC(N)=NCCC[C@H](N)C(=O)O.N[C@@H](Cc1ccc(O)cc1)C(=O)O. The Morgan fingerprint density at radius 1 is 0.822 bits per heavy atom. The number of thiol groups is 1. The second-order valence-corrected chi connectivity index (χ2v) is 9.47. The first-order chi connectivity index (χ1) is 20.9. The molecule has 17 N–H and O–H groups in total. The number of rotatable bonds is 17. The van der Waals surface area contributed by atoms with Gasteiger partial charge in [-0.25, -0.2) is 0 Å². The van der Waals surface area contributed by atoms with Crippen LogP contribution in [0.4, 0.5) is 0 Å². The van der Waals surface area contributed by atoms with E-state index in [4.69, 9.17) is 54.2 Å². The van der Waals surface area contributed by atoms with Crippen LogP contribution in [0.3, 0.4) is 0 Å². The van der Waals surface area contributed by atoms with Gasteiger partial charge in [0.1, 0.15) is 36.5 Å². The Balaban J connectivity index is 0. The van der Waals surface area contributed by atoms with E-state index in [-0.39, 0.29) is 36.7 Å². The molecule has 0 fully saturated rings. The first kappa shape index (κ1) is 42.5. The number of amides is 2. The molecule has 0 bridgehead atoms. The first-order valence-electron chi connectivity index (χ1n) is 13.1. The molecule has 19 nitrogen and oxygen atoms in total. The minimum absolute atomic E-state index is 0.0129. The standard InChI is InChI=1S/C10H17N3O6S.C9H11NO3.C6H14N4O2/c11-5(10(18)19)1-2-7(14)13-6(4-20)9(17)12-3-8(15)16;10-8(9(12)13)5-6-1-3-7(11)4-2-6;7-4(5(11)12)2-1-3-10-6(8)9/h5-6,20H,1-4,11H2,(H,12,17)(H,13,14)(H,15,16)(H,18,19);1-4,8,11H,5,10H2,(H,12,13);4H,1-3,7H2,(H,11,12)(H4,8,9,10)/t;8-;4-/m.00/s1. The molecule has 0 aliphatic heterocycles. The lowest BCUT2D eigenvalue weighted by Gasteiger charge is -2.16. The van der Waals surface area contributed by atoms with E-state index in [2.05, 4.69) is 28.3 Å². The molecule has 0 aliphatic rings. The molecule has 0 aromatic heterocycles. The summed E-state index contributed by atoms with van der Waals surface area (Å²) in [6.45, 7) is -0.147. The van der Waals surface area contributed by atoms with Crippen molar-refractivity contribution < 1.29 is 54.3 Å². The molecule has 0 saturated carbocycles. The predicted octanol–water partition coefficient (Wildman–Crippen LogP) is -3.41. The Bertz CT molecular complexity index is 1130. The number of aliphatic imine (C=N–C) groups is 1. The number of carboxylic acids is 4. The molecule has 0 radical (unpaired) electrons. The number of benzene rings is 1. The van der Waals surface area contributed by atoms with Crippen molar-refractivity contribution in [1.29, 1.82) is 0 Å². The Labute approximate surface area is 263 Å². The second-order valence-electron chi connectivity index (χ2n) is 9.11. The molecule has 0 heterocycles. The number of carboxylic acid groups (broad SMARTS) is 4. The number of phenolic OH excluding ortho intramolecular Hbond substituents is 1. The normalized spacial score (nSPS) is 12.6. The zero-order valence-electron chi connectivity index (χ0n) is 24.2. The average molecular weight is 663 g/mol. The van der Waals surface area contributed by atoms with Gasteiger partial charge < -0.3 is 64.8 Å². The van der Waals surface area contributed by atoms with Gasteiger partial charge in [-0.2, -0.15) is 12.6 Å². The molecule has 2 amide bonds. The van der Waals surface area contributed by atoms with Crippen molar-refractivity contribution in [3.63, 3.8) is 0 Å². The summed E-state index contributed by atoms with van der Waals surface area (Å²) in [4.78, 5) is 68.0. The largest absolute Gasteiger partial charge is 0.508 e. The molecule has 0 spiro atoms. The summed E-state index contributed by atoms with van der Waals surface area (Å²) in [6, 6.07) is 2.45. The van der Waals surface area contributed by atoms with Crippen LogP contribution in [0.2, 0.25) is 0 Å². The van der Waals surface area contributed by atoms with Crippen molar-refractivity contribution in [2.75, 3.05) is 18.8 Å². The summed E-state index contributed by atoms with van der Waals surface area (Å²) in [7, 11) is 0. The fourth-order valence-electron chi connectivity index (χ4n) is 2.77. The maximum atomic E-state index is 11.5. The van der Waals surface area contributed by atoms with Gasteiger partial charge in [-0.05, 0) is 43.4 Å². The molecule has 1 rings (SSSR count). The summed E-state index contributed by atoms with van der Waals surface area (Å²) in [5.41, 5.74) is 26.7. The number of hydrogen-bond donors (Lipinski definition) is 13. The van der Waals surface area contributed by atoms with Gasteiger partial charge in [-0.3, -0.25) is 33.8 Å². The maximum absolute atomic E-state index is 11.5. The number of aliphatic carboxylic acids is 4. The van der Waals surface area contributed by atoms with Crippen LogP contribution in [0.5, 0.6) is 5.75 Å². The van der Waals surface area contributed by atoms with Crippen molar-refractivity contribution in [2.45, 2.75) is 56.3 Å². The fourth-order valence-corrected chi connectivity index (χ4v) is 3.03. The van der Waals surface area contributed by atoms with E-state index in [0.717, 1.165) is 5.56 Å². The summed E-state index contributed by atoms with van der Waals surface area (Å²) >= 11 is 3.87. The van der Waals surface area contributed by atoms with Gasteiger partial charge in [0.2, 0.25) is 11.8 Å². The Kier molecular flexibility index (Phi) is 22.4. The van der Waals surface area contributed by atoms with Gasteiger partial charge in [0.25, 0.3) is 0 Å².